The molecule has 4 aromatic carbocycles. The number of benzene rings is 4. The lowest BCUT2D eigenvalue weighted by atomic mass is 10.2. The van der Waals surface area contributed by atoms with E-state index in [-0.39, 0.29) is 0 Å². The lowest BCUT2D eigenvalue weighted by Gasteiger charge is -2.19. The zero-order chi connectivity index (χ0) is 25.9. The number of hydrogen-bond donors (Lipinski definition) is 1. The molecular formula is C32H28BrN4+. The summed E-state index contributed by atoms with van der Waals surface area (Å²) < 4.78 is 1.02. The maximum atomic E-state index is 4.49. The van der Waals surface area contributed by atoms with E-state index in [0.717, 1.165) is 38.0 Å². The van der Waals surface area contributed by atoms with Crippen molar-refractivity contribution in [2.24, 2.45) is 0 Å². The number of halogens is 1. The predicted molar refractivity (Wildman–Crippen MR) is 160 cm³/mol. The third-order valence-electron chi connectivity index (χ3n) is 5.64. The molecule has 0 atom stereocenters. The second-order valence-corrected chi connectivity index (χ2v) is 9.09. The first-order valence-corrected chi connectivity index (χ1v) is 12.7. The van der Waals surface area contributed by atoms with Gasteiger partial charge < -0.3 is 4.90 Å². The van der Waals surface area contributed by atoms with Crippen LogP contribution in [0.25, 0.3) is 21.8 Å². The fraction of sp³-hybridized carbons (Fsp3) is 0.0312. The molecule has 1 N–H and O–H groups in total. The molecule has 0 spiro atoms. The van der Waals surface area contributed by atoms with E-state index in [4.69, 9.17) is 0 Å². The summed E-state index contributed by atoms with van der Waals surface area (Å²) in [5.41, 5.74) is 5.38. The largest absolute Gasteiger partial charge is 0.343 e. The Morgan fingerprint density at radius 1 is 0.622 bits per heavy atom. The quantitative estimate of drug-likeness (QED) is 0.240. The van der Waals surface area contributed by atoms with E-state index in [1.165, 1.54) is 5.39 Å². The van der Waals surface area contributed by atoms with Gasteiger partial charge in [-0.2, -0.15) is 0 Å². The lowest BCUT2D eigenvalue weighted by Crippen LogP contribution is -2.57. The predicted octanol–water partition coefficient (Wildman–Crippen LogP) is 7.10. The highest BCUT2D eigenvalue weighted by atomic mass is 79.9. The normalized spacial score (nSPS) is 10.0. The Morgan fingerprint density at radius 2 is 1.14 bits per heavy atom. The Hall–Kier alpha value is -4.35. The van der Waals surface area contributed by atoms with Crippen molar-refractivity contribution in [1.82, 2.24) is 9.97 Å². The minimum atomic E-state index is 1.02. The number of rotatable bonds is 3. The van der Waals surface area contributed by atoms with E-state index in [1.54, 1.807) is 0 Å². The number of para-hydroxylation sites is 4. The number of nitrogens with zero attached hydrogens (tertiary/aromatic N) is 3. The minimum Gasteiger partial charge on any atom is -0.343 e. The molecule has 0 aliphatic heterocycles. The maximum Gasteiger partial charge on any atom is 0.202 e. The van der Waals surface area contributed by atoms with Crippen molar-refractivity contribution >= 4 is 61.5 Å². The molecular weight excluding hydrogens is 520 g/mol. The Labute approximate surface area is 226 Å². The third kappa shape index (κ3) is 7.32. The highest BCUT2D eigenvalue weighted by Crippen LogP contribution is 2.25. The van der Waals surface area contributed by atoms with Gasteiger partial charge in [-0.05, 0) is 52.3 Å². The summed E-state index contributed by atoms with van der Waals surface area (Å²) in [7, 11) is 2.06. The van der Waals surface area contributed by atoms with Gasteiger partial charge in [-0.25, -0.2) is 4.99 Å². The van der Waals surface area contributed by atoms with Crippen molar-refractivity contribution in [3.05, 3.63) is 138 Å². The molecule has 2 aromatic heterocycles. The summed E-state index contributed by atoms with van der Waals surface area (Å²) in [4.78, 5) is 13.6. The van der Waals surface area contributed by atoms with Gasteiger partial charge in [-0.1, -0.05) is 72.8 Å². The molecule has 4 nitrogen and oxygen atoms in total. The monoisotopic (exact) mass is 547 g/mol. The first-order valence-electron chi connectivity index (χ1n) is 11.9. The minimum absolute atomic E-state index is 1.02. The summed E-state index contributed by atoms with van der Waals surface area (Å²) in [5, 5.41) is 2.33. The molecule has 0 unspecified atom stereocenters. The average molecular weight is 549 g/mol. The molecule has 2 heterocycles. The van der Waals surface area contributed by atoms with Crippen molar-refractivity contribution in [2.75, 3.05) is 11.9 Å². The van der Waals surface area contributed by atoms with Crippen LogP contribution in [0.3, 0.4) is 0 Å². The van der Waals surface area contributed by atoms with Crippen LogP contribution in [0, 0.1) is 0 Å². The summed E-state index contributed by atoms with van der Waals surface area (Å²) in [6.07, 6.45) is 3.72. The van der Waals surface area contributed by atoms with Gasteiger partial charge in [0.15, 0.2) is 0 Å². The molecule has 0 fully saturated rings. The van der Waals surface area contributed by atoms with Gasteiger partial charge in [-0.15, -0.1) is 0 Å². The zero-order valence-corrected chi connectivity index (χ0v) is 22.2. The molecule has 0 saturated heterocycles. The van der Waals surface area contributed by atoms with Crippen molar-refractivity contribution in [1.29, 1.82) is 0 Å². The summed E-state index contributed by atoms with van der Waals surface area (Å²) in [5.74, 6) is 0. The number of aromatic nitrogens is 2. The van der Waals surface area contributed by atoms with Gasteiger partial charge >= 0.3 is 0 Å². The van der Waals surface area contributed by atoms with E-state index in [9.17, 15) is 0 Å². The van der Waals surface area contributed by atoms with Crippen LogP contribution in [0.4, 0.5) is 17.1 Å². The Morgan fingerprint density at radius 3 is 1.73 bits per heavy atom. The number of pyridine rings is 2. The van der Waals surface area contributed by atoms with E-state index < -0.39 is 0 Å². The fourth-order valence-corrected chi connectivity index (χ4v) is 3.99. The molecule has 0 amide bonds. The van der Waals surface area contributed by atoms with Crippen LogP contribution >= 0.6 is 15.9 Å². The second kappa shape index (κ2) is 13.1. The first kappa shape index (κ1) is 25.7. The molecule has 0 saturated carbocycles. The molecule has 37 heavy (non-hydrogen) atoms. The number of anilines is 2. The van der Waals surface area contributed by atoms with Crippen molar-refractivity contribution in [3.8, 4) is 0 Å². The van der Waals surface area contributed by atoms with Crippen LogP contribution in [0.2, 0.25) is 0 Å². The Balaban J connectivity index is 0.000000143. The summed E-state index contributed by atoms with van der Waals surface area (Å²) in [6.45, 7) is 3.51. The molecule has 0 bridgehead atoms. The second-order valence-electron chi connectivity index (χ2n) is 8.17. The molecule has 182 valence electrons. The fourth-order valence-electron chi connectivity index (χ4n) is 3.64. The van der Waals surface area contributed by atoms with Gasteiger partial charge in [0.2, 0.25) is 5.69 Å². The molecule has 0 aliphatic rings. The zero-order valence-electron chi connectivity index (χ0n) is 20.6. The van der Waals surface area contributed by atoms with E-state index in [0.29, 0.717) is 0 Å². The lowest BCUT2D eigenvalue weighted by molar-refractivity contribution is -0.342. The smallest absolute Gasteiger partial charge is 0.202 e. The van der Waals surface area contributed by atoms with Gasteiger partial charge in [0, 0.05) is 46.3 Å². The molecule has 5 heteroatoms. The van der Waals surface area contributed by atoms with Gasteiger partial charge in [0.1, 0.15) is 6.72 Å². The number of hydrogen-bond acceptors (Lipinski definition) is 3. The standard InChI is InChI=1S/C16H14N2.C9H6BrN.C7H7N/c1-18(14-8-3-2-4-9-14)15-11-13-7-5-6-10-16(13)17-12-15;10-8-5-7-3-1-2-4-9(7)11-6-8;1-8-7-5-3-2-4-6-7/h2-12H,1H3;1-6H;2-6H,1H2/p+1. The summed E-state index contributed by atoms with van der Waals surface area (Å²) >= 11 is 3.37. The van der Waals surface area contributed by atoms with Crippen LogP contribution in [0.1, 0.15) is 0 Å². The van der Waals surface area contributed by atoms with Gasteiger partial charge in [0.05, 0.1) is 22.9 Å². The van der Waals surface area contributed by atoms with E-state index >= 15 is 0 Å². The van der Waals surface area contributed by atoms with E-state index in [2.05, 4.69) is 79.9 Å². The average Bonchev–Trinajstić information content (AvgIpc) is 2.98. The van der Waals surface area contributed by atoms with Crippen LogP contribution < -0.4 is 9.89 Å². The number of fused-ring (bicyclic) bond motifs is 2. The van der Waals surface area contributed by atoms with Crippen molar-refractivity contribution in [2.45, 2.75) is 0 Å². The molecule has 0 radical (unpaired) electrons. The van der Waals surface area contributed by atoms with Crippen LogP contribution in [-0.4, -0.2) is 23.7 Å². The number of nitrogens with one attached hydrogen (secondary N) is 1. The van der Waals surface area contributed by atoms with Gasteiger partial charge in [-0.3, -0.25) is 9.97 Å². The maximum absolute atomic E-state index is 4.49. The van der Waals surface area contributed by atoms with Crippen LogP contribution in [0.5, 0.6) is 0 Å². The molecule has 0 aliphatic carbocycles. The summed E-state index contributed by atoms with van der Waals surface area (Å²) in [6, 6.07) is 40.6. The van der Waals surface area contributed by atoms with Crippen molar-refractivity contribution < 1.29 is 4.99 Å². The van der Waals surface area contributed by atoms with E-state index in [1.807, 2.05) is 103 Å². The van der Waals surface area contributed by atoms with Crippen LogP contribution in [0.15, 0.2) is 138 Å². The highest BCUT2D eigenvalue weighted by Gasteiger charge is 2.04. The SMILES string of the molecule is Brc1cnc2ccccc2c1.C=[NH+]c1ccccc1.CN(c1ccccc1)c1cnc2ccccc2c1. The highest BCUT2D eigenvalue weighted by molar-refractivity contribution is 9.10. The Bertz CT molecular complexity index is 1570. The Kier molecular flexibility index (Phi) is 9.11. The topological polar surface area (TPSA) is 43.0 Å². The van der Waals surface area contributed by atoms with Crippen molar-refractivity contribution in [3.63, 3.8) is 0 Å². The van der Waals surface area contributed by atoms with Crippen LogP contribution in [-0.2, 0) is 0 Å². The third-order valence-corrected chi connectivity index (χ3v) is 6.08. The van der Waals surface area contributed by atoms with Gasteiger partial charge in [0.25, 0.3) is 0 Å². The molecule has 6 aromatic rings. The molecule has 6 rings (SSSR count). The first-order chi connectivity index (χ1) is 18.1.